The topological polar surface area (TPSA) is 72.6 Å². The maximum Gasteiger partial charge on any atom is 0.297 e. The summed E-state index contributed by atoms with van der Waals surface area (Å²) < 4.78 is 12.7. The lowest BCUT2D eigenvalue weighted by molar-refractivity contribution is 0.0971. The number of thiazole rings is 1. The molecule has 3 heterocycles. The van der Waals surface area contributed by atoms with Gasteiger partial charge in [-0.05, 0) is 60.9 Å². The molecule has 0 saturated carbocycles. The van der Waals surface area contributed by atoms with Gasteiger partial charge in [0, 0.05) is 0 Å². The lowest BCUT2D eigenvalue weighted by Crippen LogP contribution is -2.29. The van der Waals surface area contributed by atoms with Crippen molar-refractivity contribution >= 4 is 43.6 Å². The molecule has 2 aromatic heterocycles. The van der Waals surface area contributed by atoms with E-state index in [1.54, 1.807) is 29.2 Å². The highest BCUT2D eigenvalue weighted by atomic mass is 32.1. The van der Waals surface area contributed by atoms with Gasteiger partial charge in [-0.15, -0.1) is 0 Å². The second-order valence-electron chi connectivity index (χ2n) is 8.63. The molecule has 1 atom stereocenters. The Morgan fingerprint density at radius 3 is 2.66 bits per heavy atom. The van der Waals surface area contributed by atoms with Crippen molar-refractivity contribution in [3.8, 4) is 5.75 Å². The average Bonchev–Trinajstić information content (AvgIpc) is 3.41. The van der Waals surface area contributed by atoms with Crippen molar-refractivity contribution in [2.75, 3.05) is 11.5 Å². The van der Waals surface area contributed by atoms with Gasteiger partial charge in [0.1, 0.15) is 11.3 Å². The van der Waals surface area contributed by atoms with Crippen molar-refractivity contribution in [1.82, 2.24) is 4.98 Å². The Balaban J connectivity index is 1.56. The lowest BCUT2D eigenvalue weighted by atomic mass is 9.98. The van der Waals surface area contributed by atoms with Gasteiger partial charge in [-0.2, -0.15) is 0 Å². The summed E-state index contributed by atoms with van der Waals surface area (Å²) in [7, 11) is 0. The molecule has 0 unspecified atom stereocenters. The van der Waals surface area contributed by atoms with Crippen LogP contribution in [-0.4, -0.2) is 17.5 Å². The summed E-state index contributed by atoms with van der Waals surface area (Å²) in [5, 5.41) is 0.982. The Morgan fingerprint density at radius 1 is 1.06 bits per heavy atom. The number of nitrogens with zero attached hydrogens (tertiary/aromatic N) is 2. The number of benzene rings is 3. The Kier molecular flexibility index (Phi) is 5.15. The minimum atomic E-state index is -0.653. The fraction of sp³-hybridized carbons (Fsp3) is 0.179. The monoisotopic (exact) mass is 482 g/mol. The van der Waals surface area contributed by atoms with Crippen molar-refractivity contribution in [3.05, 3.63) is 99.4 Å². The van der Waals surface area contributed by atoms with Gasteiger partial charge in [0.15, 0.2) is 10.6 Å². The third-order valence-corrected chi connectivity index (χ3v) is 7.20. The van der Waals surface area contributed by atoms with Crippen molar-refractivity contribution < 1.29 is 13.9 Å². The Bertz CT molecular complexity index is 1650. The molecule has 0 saturated heterocycles. The normalized spacial score (nSPS) is 15.2. The van der Waals surface area contributed by atoms with Gasteiger partial charge in [-0.1, -0.05) is 48.6 Å². The number of rotatable bonds is 5. The molecule has 0 N–H and O–H groups in total. The van der Waals surface area contributed by atoms with Crippen LogP contribution in [0.4, 0.5) is 5.13 Å². The fourth-order valence-corrected chi connectivity index (χ4v) is 5.61. The number of carbonyl (C=O) groups is 1. The molecule has 1 aliphatic heterocycles. The molecular formula is C28H22N2O4S. The van der Waals surface area contributed by atoms with Crippen molar-refractivity contribution in [1.29, 1.82) is 0 Å². The first kappa shape index (κ1) is 21.6. The van der Waals surface area contributed by atoms with E-state index >= 15 is 0 Å². The summed E-state index contributed by atoms with van der Waals surface area (Å²) in [5.41, 5.74) is 3.25. The Morgan fingerprint density at radius 2 is 1.86 bits per heavy atom. The first-order valence-corrected chi connectivity index (χ1v) is 12.4. The van der Waals surface area contributed by atoms with E-state index in [2.05, 4.69) is 13.0 Å². The molecule has 1 aliphatic rings. The quantitative estimate of drug-likeness (QED) is 0.296. The first-order chi connectivity index (χ1) is 17.0. The van der Waals surface area contributed by atoms with Gasteiger partial charge >= 0.3 is 0 Å². The van der Waals surface area contributed by atoms with E-state index in [9.17, 15) is 9.59 Å². The molecular weight excluding hydrogens is 460 g/mol. The van der Waals surface area contributed by atoms with Gasteiger partial charge < -0.3 is 9.15 Å². The second kappa shape index (κ2) is 8.36. The summed E-state index contributed by atoms with van der Waals surface area (Å²) in [6.45, 7) is 4.70. The van der Waals surface area contributed by atoms with E-state index in [1.165, 1.54) is 11.3 Å². The number of aryl methyl sites for hydroxylation is 1. The number of hydrogen-bond donors (Lipinski definition) is 0. The molecule has 0 aliphatic carbocycles. The standard InChI is InChI=1S/C28H22N2O4S/c1-3-14-33-18-11-9-17(10-12-18)24-23-25(31)19-6-4-5-7-21(19)34-26(23)27(32)30(24)28-29-20-13-8-16(2)15-22(20)35-28/h4-13,15,24H,3,14H2,1-2H3/t24-/m0/s1. The third kappa shape index (κ3) is 3.51. The average molecular weight is 483 g/mol. The van der Waals surface area contributed by atoms with E-state index in [4.69, 9.17) is 14.1 Å². The zero-order chi connectivity index (χ0) is 24.1. The van der Waals surface area contributed by atoms with Crippen LogP contribution in [0.15, 0.2) is 75.9 Å². The lowest BCUT2D eigenvalue weighted by Gasteiger charge is -2.22. The maximum atomic E-state index is 13.8. The third-order valence-electron chi connectivity index (χ3n) is 6.19. The summed E-state index contributed by atoms with van der Waals surface area (Å²) in [5.74, 6) is 0.447. The molecule has 35 heavy (non-hydrogen) atoms. The van der Waals surface area contributed by atoms with Crippen LogP contribution in [0.3, 0.4) is 0 Å². The summed E-state index contributed by atoms with van der Waals surface area (Å²) in [6, 6.07) is 19.9. The van der Waals surface area contributed by atoms with Crippen LogP contribution < -0.4 is 15.1 Å². The minimum Gasteiger partial charge on any atom is -0.494 e. The molecule has 1 amide bonds. The van der Waals surface area contributed by atoms with Crippen LogP contribution in [0.25, 0.3) is 21.2 Å². The molecule has 6 nitrogen and oxygen atoms in total. The van der Waals surface area contributed by atoms with Gasteiger partial charge in [0.05, 0.1) is 33.8 Å². The molecule has 0 fully saturated rings. The zero-order valence-corrected chi connectivity index (χ0v) is 20.1. The van der Waals surface area contributed by atoms with Gasteiger partial charge in [0.25, 0.3) is 5.91 Å². The molecule has 0 bridgehead atoms. The number of anilines is 1. The maximum absolute atomic E-state index is 13.8. The molecule has 3 aromatic carbocycles. The Hall–Kier alpha value is -3.97. The number of ether oxygens (including phenoxy) is 1. The summed E-state index contributed by atoms with van der Waals surface area (Å²) >= 11 is 1.43. The van der Waals surface area contributed by atoms with Crippen molar-refractivity contribution in [2.45, 2.75) is 26.3 Å². The van der Waals surface area contributed by atoms with Crippen molar-refractivity contribution in [3.63, 3.8) is 0 Å². The summed E-state index contributed by atoms with van der Waals surface area (Å²) in [6.07, 6.45) is 0.908. The number of para-hydroxylation sites is 1. The molecule has 174 valence electrons. The highest BCUT2D eigenvalue weighted by Gasteiger charge is 2.45. The number of aromatic nitrogens is 1. The smallest absolute Gasteiger partial charge is 0.297 e. The molecule has 0 radical (unpaired) electrons. The molecule has 7 heteroatoms. The van der Waals surface area contributed by atoms with Crippen LogP contribution >= 0.6 is 11.3 Å². The first-order valence-electron chi connectivity index (χ1n) is 11.5. The molecule has 5 aromatic rings. The van der Waals surface area contributed by atoms with Crippen LogP contribution in [0.1, 0.15) is 46.6 Å². The van der Waals surface area contributed by atoms with Gasteiger partial charge in [-0.25, -0.2) is 4.98 Å². The number of carbonyl (C=O) groups excluding carboxylic acids is 1. The van der Waals surface area contributed by atoms with Gasteiger partial charge in [0.2, 0.25) is 5.76 Å². The van der Waals surface area contributed by atoms with Crippen molar-refractivity contribution in [2.24, 2.45) is 0 Å². The van der Waals surface area contributed by atoms with E-state index in [-0.39, 0.29) is 17.1 Å². The van der Waals surface area contributed by atoms with Crippen LogP contribution in [0, 0.1) is 6.92 Å². The SMILES string of the molecule is CCCOc1ccc([C@H]2c3c(oc4ccccc4c3=O)C(=O)N2c2nc3ccc(C)cc3s2)cc1. The van der Waals surface area contributed by atoms with Crippen LogP contribution in [-0.2, 0) is 0 Å². The van der Waals surface area contributed by atoms with E-state index < -0.39 is 6.04 Å². The predicted octanol–water partition coefficient (Wildman–Crippen LogP) is 6.25. The second-order valence-corrected chi connectivity index (χ2v) is 9.64. The number of hydrogen-bond acceptors (Lipinski definition) is 6. The van der Waals surface area contributed by atoms with E-state index in [1.807, 2.05) is 43.3 Å². The minimum absolute atomic E-state index is 0.0699. The molecule has 6 rings (SSSR count). The fourth-order valence-electron chi connectivity index (χ4n) is 4.52. The summed E-state index contributed by atoms with van der Waals surface area (Å²) in [4.78, 5) is 33.8. The highest BCUT2D eigenvalue weighted by Crippen LogP contribution is 2.43. The van der Waals surface area contributed by atoms with Crippen LogP contribution in [0.2, 0.25) is 0 Å². The van der Waals surface area contributed by atoms with E-state index in [0.29, 0.717) is 28.3 Å². The van der Waals surface area contributed by atoms with Crippen LogP contribution in [0.5, 0.6) is 5.75 Å². The Labute approximate surface area is 205 Å². The predicted molar refractivity (Wildman–Crippen MR) is 138 cm³/mol. The molecule has 0 spiro atoms. The number of fused-ring (bicyclic) bond motifs is 3. The van der Waals surface area contributed by atoms with Gasteiger partial charge in [-0.3, -0.25) is 14.5 Å². The zero-order valence-electron chi connectivity index (χ0n) is 19.3. The number of amides is 1. The van der Waals surface area contributed by atoms with E-state index in [0.717, 1.165) is 33.5 Å². The largest absolute Gasteiger partial charge is 0.494 e. The highest BCUT2D eigenvalue weighted by molar-refractivity contribution is 7.22.